The van der Waals surface area contributed by atoms with Crippen LogP contribution in [0, 0.1) is 0 Å². The van der Waals surface area contributed by atoms with Crippen LogP contribution in [-0.4, -0.2) is 16.6 Å². The van der Waals surface area contributed by atoms with Gasteiger partial charge in [0.15, 0.2) is 0 Å². The zero-order valence-corrected chi connectivity index (χ0v) is 7.64. The van der Waals surface area contributed by atoms with E-state index in [9.17, 15) is 4.55 Å². The molecule has 0 bridgehead atoms. The average molecular weight is 186 g/mol. The third kappa shape index (κ3) is 2.18. The first-order valence-corrected chi connectivity index (χ1v) is 4.72. The number of pyridine rings is 1. The topological polar surface area (TPSA) is 71.2 Å². The van der Waals surface area contributed by atoms with Crippen LogP contribution in [0.1, 0.15) is 5.69 Å². The molecular weight excluding hydrogens is 174 g/mol. The summed E-state index contributed by atoms with van der Waals surface area (Å²) >= 11 is -0.904. The fourth-order valence-corrected chi connectivity index (χ4v) is 1.35. The molecule has 0 aliphatic rings. The Morgan fingerprint density at radius 1 is 1.67 bits per heavy atom. The smallest absolute Gasteiger partial charge is 0.276 e. The number of aromatic nitrogens is 1. The summed E-state index contributed by atoms with van der Waals surface area (Å²) in [5.74, 6) is 0. The van der Waals surface area contributed by atoms with E-state index in [2.05, 4.69) is 9.71 Å². The van der Waals surface area contributed by atoms with Crippen molar-refractivity contribution in [2.75, 3.05) is 7.05 Å². The van der Waals surface area contributed by atoms with Gasteiger partial charge in [-0.1, -0.05) is 0 Å². The van der Waals surface area contributed by atoms with E-state index in [1.807, 2.05) is 12.1 Å². The van der Waals surface area contributed by atoms with E-state index in [4.69, 9.17) is 5.73 Å². The molecule has 66 valence electrons. The summed E-state index contributed by atoms with van der Waals surface area (Å²) in [6, 6.07) is 3.62. The van der Waals surface area contributed by atoms with Gasteiger partial charge in [-0.2, -0.15) is 4.55 Å². The first-order chi connectivity index (χ1) is 5.77. The quantitative estimate of drug-likeness (QED) is 0.587. The molecule has 0 saturated heterocycles. The van der Waals surface area contributed by atoms with E-state index in [-0.39, 0.29) is 0 Å². The molecule has 1 unspecified atom stereocenters. The second kappa shape index (κ2) is 4.42. The van der Waals surface area contributed by atoms with Gasteiger partial charge < -0.3 is 5.73 Å². The van der Waals surface area contributed by atoms with E-state index < -0.39 is 11.4 Å². The summed E-state index contributed by atoms with van der Waals surface area (Å²) in [5.41, 5.74) is 6.20. The Kier molecular flexibility index (Phi) is 3.48. The zero-order chi connectivity index (χ0) is 8.97. The van der Waals surface area contributed by atoms with Gasteiger partial charge in [0.2, 0.25) is 4.90 Å². The molecule has 0 aliphatic carbocycles. The Bertz CT molecular complexity index is 239. The number of nitrogens with zero attached hydrogens (tertiary/aromatic N) is 1. The summed E-state index contributed by atoms with van der Waals surface area (Å²) in [4.78, 5) is 4.82. The third-order valence-electron chi connectivity index (χ3n) is 1.42. The second-order valence-corrected chi connectivity index (χ2v) is 3.63. The number of nitrogens with one attached hydrogen (secondary N) is 1. The minimum Gasteiger partial charge on any atom is -0.325 e. The lowest BCUT2D eigenvalue weighted by molar-refractivity contribution is 0.629. The summed E-state index contributed by atoms with van der Waals surface area (Å²) in [6.07, 6.45) is 1.63. The van der Waals surface area contributed by atoms with Gasteiger partial charge >= 0.3 is 0 Å². The largest absolute Gasteiger partial charge is 0.325 e. The molecule has 0 fully saturated rings. The third-order valence-corrected chi connectivity index (χ3v) is 2.50. The van der Waals surface area contributed by atoms with Crippen LogP contribution in [0.4, 0.5) is 0 Å². The van der Waals surface area contributed by atoms with E-state index >= 15 is 0 Å². The van der Waals surface area contributed by atoms with Gasteiger partial charge in [-0.3, -0.25) is 4.98 Å². The lowest BCUT2D eigenvalue weighted by Gasteiger charge is -1.96. The van der Waals surface area contributed by atoms with Crippen LogP contribution >= 0.6 is 0 Å². The van der Waals surface area contributed by atoms with Crippen molar-refractivity contribution in [2.24, 2.45) is 5.73 Å². The van der Waals surface area contributed by atoms with Crippen molar-refractivity contribution in [1.82, 2.24) is 9.71 Å². The molecule has 1 aromatic heterocycles. The predicted molar refractivity (Wildman–Crippen MR) is 49.4 cm³/mol. The number of rotatable bonds is 3. The van der Waals surface area contributed by atoms with E-state index in [1.54, 1.807) is 13.2 Å². The highest BCUT2D eigenvalue weighted by Crippen LogP contribution is 2.06. The molecule has 5 heteroatoms. The van der Waals surface area contributed by atoms with Crippen molar-refractivity contribution < 1.29 is 4.55 Å². The van der Waals surface area contributed by atoms with Crippen molar-refractivity contribution in [3.8, 4) is 0 Å². The summed E-state index contributed by atoms with van der Waals surface area (Å²) in [7, 11) is 1.69. The van der Waals surface area contributed by atoms with E-state index in [0.29, 0.717) is 6.54 Å². The lowest BCUT2D eigenvalue weighted by atomic mass is 10.4. The molecule has 0 saturated carbocycles. The Morgan fingerprint density at radius 3 is 2.83 bits per heavy atom. The van der Waals surface area contributed by atoms with Gasteiger partial charge in [0.1, 0.15) is 0 Å². The van der Waals surface area contributed by atoms with Crippen LogP contribution < -0.4 is 10.5 Å². The SMILES string of the molecule is CN[S+](O)c1ccc(CN)nc1. The maximum absolute atomic E-state index is 9.34. The van der Waals surface area contributed by atoms with Gasteiger partial charge in [0.05, 0.1) is 11.9 Å². The second-order valence-electron chi connectivity index (χ2n) is 2.18. The van der Waals surface area contributed by atoms with Crippen LogP contribution in [0.5, 0.6) is 0 Å². The fraction of sp³-hybridized carbons (Fsp3) is 0.286. The molecule has 0 amide bonds. The van der Waals surface area contributed by atoms with Crippen molar-refractivity contribution in [1.29, 1.82) is 0 Å². The Hall–Kier alpha value is -0.620. The van der Waals surface area contributed by atoms with Crippen molar-refractivity contribution in [3.63, 3.8) is 0 Å². The van der Waals surface area contributed by atoms with Crippen molar-refractivity contribution >= 4 is 11.4 Å². The van der Waals surface area contributed by atoms with E-state index in [0.717, 1.165) is 10.6 Å². The highest BCUT2D eigenvalue weighted by Gasteiger charge is 2.16. The monoisotopic (exact) mass is 186 g/mol. The van der Waals surface area contributed by atoms with Crippen molar-refractivity contribution in [3.05, 3.63) is 24.0 Å². The normalized spacial score (nSPS) is 12.9. The van der Waals surface area contributed by atoms with Crippen LogP contribution in [0.25, 0.3) is 0 Å². The average Bonchev–Trinajstić information content (AvgIpc) is 2.17. The van der Waals surface area contributed by atoms with Crippen LogP contribution in [0.2, 0.25) is 0 Å². The predicted octanol–water partition coefficient (Wildman–Crippen LogP) is 0.125. The minimum absolute atomic E-state index is 0.430. The summed E-state index contributed by atoms with van der Waals surface area (Å²) < 4.78 is 12.1. The first-order valence-electron chi connectivity index (χ1n) is 3.53. The molecule has 1 rings (SSSR count). The van der Waals surface area contributed by atoms with Gasteiger partial charge in [0, 0.05) is 19.7 Å². The molecule has 1 aromatic rings. The van der Waals surface area contributed by atoms with Gasteiger partial charge in [-0.05, 0) is 6.07 Å². The summed E-state index contributed by atoms with van der Waals surface area (Å²) in [5, 5.41) is 0. The van der Waals surface area contributed by atoms with Crippen LogP contribution in [-0.2, 0) is 17.9 Å². The highest BCUT2D eigenvalue weighted by molar-refractivity contribution is 7.89. The molecule has 1 heterocycles. The Labute approximate surface area is 74.5 Å². The van der Waals surface area contributed by atoms with Gasteiger partial charge in [-0.15, -0.1) is 4.72 Å². The maximum atomic E-state index is 9.34. The standard InChI is InChI=1S/C7H12N3OS/c1-9-12(11)7-3-2-6(4-8)10-5-7/h2-3,5,9,11H,4,8H2,1H3/q+1. The van der Waals surface area contributed by atoms with E-state index in [1.165, 1.54) is 0 Å². The Morgan fingerprint density at radius 2 is 2.42 bits per heavy atom. The zero-order valence-electron chi connectivity index (χ0n) is 6.82. The highest BCUT2D eigenvalue weighted by atomic mass is 32.2. The molecule has 4 nitrogen and oxygen atoms in total. The first kappa shape index (κ1) is 9.47. The van der Waals surface area contributed by atoms with Crippen LogP contribution in [0.15, 0.2) is 23.2 Å². The Balaban J connectivity index is 2.77. The van der Waals surface area contributed by atoms with Gasteiger partial charge in [-0.25, -0.2) is 0 Å². The lowest BCUT2D eigenvalue weighted by Crippen LogP contribution is -2.18. The maximum Gasteiger partial charge on any atom is 0.276 e. The van der Waals surface area contributed by atoms with Gasteiger partial charge in [0.25, 0.3) is 11.4 Å². The molecule has 4 N–H and O–H groups in total. The molecule has 0 spiro atoms. The number of hydrogen-bond donors (Lipinski definition) is 3. The molecule has 12 heavy (non-hydrogen) atoms. The summed E-state index contributed by atoms with van der Waals surface area (Å²) in [6.45, 7) is 0.430. The minimum atomic E-state index is -0.904. The number of hydrogen-bond acceptors (Lipinski definition) is 4. The number of nitrogens with two attached hydrogens (primary N) is 1. The fourth-order valence-electron chi connectivity index (χ4n) is 0.764. The molecule has 1 atom stereocenters. The molecule has 0 aromatic carbocycles. The molecular formula is C7H12N3OS+. The molecule has 0 aliphatic heterocycles. The van der Waals surface area contributed by atoms with Crippen molar-refractivity contribution in [2.45, 2.75) is 11.4 Å². The van der Waals surface area contributed by atoms with Crippen LogP contribution in [0.3, 0.4) is 0 Å². The molecule has 0 radical (unpaired) electrons.